The van der Waals surface area contributed by atoms with Crippen LogP contribution >= 0.6 is 15.9 Å². The van der Waals surface area contributed by atoms with Crippen LogP contribution in [0.15, 0.2) is 29.0 Å². The van der Waals surface area contributed by atoms with E-state index in [0.717, 1.165) is 5.56 Å². The van der Waals surface area contributed by atoms with Crippen LogP contribution < -0.4 is 11.1 Å². The zero-order valence-electron chi connectivity index (χ0n) is 9.04. The number of aromatic nitrogens is 2. The Morgan fingerprint density at radius 3 is 2.76 bits per heavy atom. The largest absolute Gasteiger partial charge is 0.383 e. The van der Waals surface area contributed by atoms with Crippen molar-refractivity contribution < 1.29 is 4.39 Å². The fourth-order valence-electron chi connectivity index (χ4n) is 1.42. The minimum Gasteiger partial charge on any atom is -0.383 e. The van der Waals surface area contributed by atoms with Crippen LogP contribution in [0.1, 0.15) is 5.56 Å². The normalized spacial score (nSPS) is 10.3. The Balaban J connectivity index is 2.34. The van der Waals surface area contributed by atoms with Gasteiger partial charge in [0.1, 0.15) is 28.3 Å². The first-order valence-corrected chi connectivity index (χ1v) is 5.66. The third kappa shape index (κ3) is 2.71. The molecule has 0 unspecified atom stereocenters. The predicted octanol–water partition coefficient (Wildman–Crippen LogP) is 3.01. The number of hydrogen-bond acceptors (Lipinski definition) is 4. The summed E-state index contributed by atoms with van der Waals surface area (Å²) >= 11 is 3.27. The Morgan fingerprint density at radius 2 is 2.06 bits per heavy atom. The quantitative estimate of drug-likeness (QED) is 0.894. The zero-order valence-corrected chi connectivity index (χ0v) is 10.6. The average Bonchev–Trinajstić information content (AvgIpc) is 2.23. The van der Waals surface area contributed by atoms with Gasteiger partial charge in [-0.2, -0.15) is 0 Å². The smallest absolute Gasteiger partial charge is 0.150 e. The number of halogens is 2. The Kier molecular flexibility index (Phi) is 3.23. The van der Waals surface area contributed by atoms with Crippen LogP contribution in [0.2, 0.25) is 0 Å². The van der Waals surface area contributed by atoms with E-state index in [-0.39, 0.29) is 5.82 Å². The molecule has 0 saturated heterocycles. The number of aryl methyl sites for hydroxylation is 1. The fraction of sp³-hybridized carbons (Fsp3) is 0.0909. The van der Waals surface area contributed by atoms with E-state index in [1.807, 2.05) is 13.0 Å². The van der Waals surface area contributed by atoms with Crippen molar-refractivity contribution in [2.45, 2.75) is 6.92 Å². The second kappa shape index (κ2) is 4.67. The molecule has 6 heteroatoms. The summed E-state index contributed by atoms with van der Waals surface area (Å²) in [6.45, 7) is 1.82. The number of benzene rings is 1. The molecule has 0 radical (unpaired) electrons. The highest BCUT2D eigenvalue weighted by Crippen LogP contribution is 2.27. The molecule has 0 atom stereocenters. The van der Waals surface area contributed by atoms with Gasteiger partial charge >= 0.3 is 0 Å². The molecule has 3 N–H and O–H groups in total. The second-order valence-corrected chi connectivity index (χ2v) is 4.36. The van der Waals surface area contributed by atoms with Crippen LogP contribution in [0.5, 0.6) is 0 Å². The van der Waals surface area contributed by atoms with Crippen molar-refractivity contribution in [3.8, 4) is 0 Å². The van der Waals surface area contributed by atoms with Gasteiger partial charge in [-0.25, -0.2) is 14.4 Å². The van der Waals surface area contributed by atoms with E-state index < -0.39 is 0 Å². The van der Waals surface area contributed by atoms with Gasteiger partial charge in [-0.1, -0.05) is 0 Å². The lowest BCUT2D eigenvalue weighted by atomic mass is 10.2. The molecule has 0 spiro atoms. The summed E-state index contributed by atoms with van der Waals surface area (Å²) in [5.74, 6) is 0.531. The van der Waals surface area contributed by atoms with Gasteiger partial charge in [-0.05, 0) is 46.6 Å². The number of nitrogens with one attached hydrogen (secondary N) is 1. The Labute approximate surface area is 106 Å². The number of nitrogens with zero attached hydrogens (tertiary/aromatic N) is 2. The van der Waals surface area contributed by atoms with Gasteiger partial charge in [-0.15, -0.1) is 0 Å². The van der Waals surface area contributed by atoms with Crippen LogP contribution in [0.3, 0.4) is 0 Å². The number of hydrogen-bond donors (Lipinski definition) is 2. The predicted molar refractivity (Wildman–Crippen MR) is 68.6 cm³/mol. The molecule has 0 bridgehead atoms. The summed E-state index contributed by atoms with van der Waals surface area (Å²) < 4.78 is 13.8. The number of rotatable bonds is 2. The summed E-state index contributed by atoms with van der Waals surface area (Å²) in [4.78, 5) is 7.84. The van der Waals surface area contributed by atoms with Gasteiger partial charge in [0, 0.05) is 5.69 Å². The number of nitrogens with two attached hydrogens (primary N) is 1. The standard InChI is InChI=1S/C11H10BrFN4/c1-6-2-7(13)4-8(3-6)17-11-9(12)10(14)15-5-16-11/h2-5H,1H3,(H3,14,15,16,17). The van der Waals surface area contributed by atoms with E-state index in [1.165, 1.54) is 18.5 Å². The molecule has 0 aliphatic rings. The first kappa shape index (κ1) is 11.8. The van der Waals surface area contributed by atoms with E-state index in [4.69, 9.17) is 5.73 Å². The molecule has 2 aromatic rings. The molecular weight excluding hydrogens is 287 g/mol. The minimum atomic E-state index is -0.300. The molecule has 1 aromatic heterocycles. The second-order valence-electron chi connectivity index (χ2n) is 3.56. The van der Waals surface area contributed by atoms with Gasteiger partial charge < -0.3 is 11.1 Å². The third-order valence-electron chi connectivity index (χ3n) is 2.12. The summed E-state index contributed by atoms with van der Waals surface area (Å²) in [6.07, 6.45) is 1.34. The van der Waals surface area contributed by atoms with Crippen LogP contribution in [-0.2, 0) is 0 Å². The summed E-state index contributed by atoms with van der Waals surface area (Å²) in [6, 6.07) is 4.65. The van der Waals surface area contributed by atoms with Gasteiger partial charge in [0.2, 0.25) is 0 Å². The summed E-state index contributed by atoms with van der Waals surface area (Å²) in [5.41, 5.74) is 7.06. The van der Waals surface area contributed by atoms with Crippen molar-refractivity contribution in [2.24, 2.45) is 0 Å². The first-order valence-electron chi connectivity index (χ1n) is 4.86. The van der Waals surface area contributed by atoms with Crippen molar-refractivity contribution in [1.29, 1.82) is 0 Å². The lowest BCUT2D eigenvalue weighted by Gasteiger charge is -2.09. The molecule has 1 aromatic carbocycles. The third-order valence-corrected chi connectivity index (χ3v) is 2.90. The van der Waals surface area contributed by atoms with Crippen molar-refractivity contribution in [3.63, 3.8) is 0 Å². The molecular formula is C11H10BrFN4. The van der Waals surface area contributed by atoms with E-state index in [0.29, 0.717) is 21.8 Å². The van der Waals surface area contributed by atoms with Gasteiger partial charge in [0.05, 0.1) is 0 Å². The van der Waals surface area contributed by atoms with E-state index in [1.54, 1.807) is 0 Å². The van der Waals surface area contributed by atoms with Gasteiger partial charge in [0.15, 0.2) is 0 Å². The maximum Gasteiger partial charge on any atom is 0.150 e. The molecule has 0 aliphatic carbocycles. The van der Waals surface area contributed by atoms with Crippen LogP contribution in [0.4, 0.5) is 21.7 Å². The van der Waals surface area contributed by atoms with Gasteiger partial charge in [-0.3, -0.25) is 0 Å². The fourth-order valence-corrected chi connectivity index (χ4v) is 1.72. The van der Waals surface area contributed by atoms with Crippen molar-refractivity contribution in [3.05, 3.63) is 40.4 Å². The van der Waals surface area contributed by atoms with Crippen LogP contribution in [-0.4, -0.2) is 9.97 Å². The Morgan fingerprint density at radius 1 is 1.29 bits per heavy atom. The maximum atomic E-state index is 13.2. The van der Waals surface area contributed by atoms with E-state index in [2.05, 4.69) is 31.2 Å². The van der Waals surface area contributed by atoms with Crippen molar-refractivity contribution >= 4 is 33.3 Å². The molecule has 1 heterocycles. The van der Waals surface area contributed by atoms with Crippen molar-refractivity contribution in [2.75, 3.05) is 11.1 Å². The molecule has 2 rings (SSSR count). The SMILES string of the molecule is Cc1cc(F)cc(Nc2ncnc(N)c2Br)c1. The molecule has 17 heavy (non-hydrogen) atoms. The lowest BCUT2D eigenvalue weighted by molar-refractivity contribution is 0.627. The average molecular weight is 297 g/mol. The van der Waals surface area contributed by atoms with Gasteiger partial charge in [0.25, 0.3) is 0 Å². The number of anilines is 3. The summed E-state index contributed by atoms with van der Waals surface area (Å²) in [7, 11) is 0. The molecule has 4 nitrogen and oxygen atoms in total. The highest BCUT2D eigenvalue weighted by molar-refractivity contribution is 9.10. The number of nitrogen functional groups attached to an aromatic ring is 1. The van der Waals surface area contributed by atoms with E-state index in [9.17, 15) is 4.39 Å². The van der Waals surface area contributed by atoms with Crippen LogP contribution in [0.25, 0.3) is 0 Å². The summed E-state index contributed by atoms with van der Waals surface area (Å²) in [5, 5.41) is 2.98. The topological polar surface area (TPSA) is 63.8 Å². The Bertz CT molecular complexity index is 539. The first-order chi connectivity index (χ1) is 8.06. The maximum absolute atomic E-state index is 13.2. The molecule has 88 valence electrons. The monoisotopic (exact) mass is 296 g/mol. The molecule has 0 saturated carbocycles. The molecule has 0 fully saturated rings. The molecule has 0 aliphatic heterocycles. The zero-order chi connectivity index (χ0) is 12.4. The lowest BCUT2D eigenvalue weighted by Crippen LogP contribution is -2.00. The minimum absolute atomic E-state index is 0.300. The molecule has 0 amide bonds. The van der Waals surface area contributed by atoms with Crippen LogP contribution in [0, 0.1) is 12.7 Å². The highest BCUT2D eigenvalue weighted by atomic mass is 79.9. The Hall–Kier alpha value is -1.69. The van der Waals surface area contributed by atoms with E-state index >= 15 is 0 Å². The highest BCUT2D eigenvalue weighted by Gasteiger charge is 2.06. The van der Waals surface area contributed by atoms with Crippen molar-refractivity contribution in [1.82, 2.24) is 9.97 Å².